The Morgan fingerprint density at radius 1 is 1.41 bits per heavy atom. The van der Waals surface area contributed by atoms with Gasteiger partial charge in [-0.2, -0.15) is 13.5 Å². The molecular weight excluding hydrogens is 306 g/mol. The predicted octanol–water partition coefficient (Wildman–Crippen LogP) is 1.67. The van der Waals surface area contributed by atoms with Gasteiger partial charge in [0.2, 0.25) is 0 Å². The van der Waals surface area contributed by atoms with E-state index in [1.54, 1.807) is 25.1 Å². The van der Waals surface area contributed by atoms with E-state index in [0.717, 1.165) is 6.42 Å². The molecule has 1 amide bonds. The SMILES string of the molecule is Cc1ccccc1S(=O)(=O)NN=C1CCCC(OC(N)=O)C1. The molecule has 0 spiro atoms. The van der Waals surface area contributed by atoms with Gasteiger partial charge in [-0.25, -0.2) is 9.63 Å². The first kappa shape index (κ1) is 16.3. The summed E-state index contributed by atoms with van der Waals surface area (Å²) < 4.78 is 29.4. The first-order valence-corrected chi connectivity index (χ1v) is 8.46. The number of ether oxygens (including phenoxy) is 1. The number of aryl methyl sites for hydroxylation is 1. The van der Waals surface area contributed by atoms with Crippen LogP contribution in [-0.4, -0.2) is 26.3 Å². The number of sulfonamides is 1. The van der Waals surface area contributed by atoms with Gasteiger partial charge >= 0.3 is 6.09 Å². The zero-order valence-electron chi connectivity index (χ0n) is 12.3. The van der Waals surface area contributed by atoms with Crippen LogP contribution >= 0.6 is 0 Å². The highest BCUT2D eigenvalue weighted by molar-refractivity contribution is 7.89. The Balaban J connectivity index is 2.07. The van der Waals surface area contributed by atoms with E-state index < -0.39 is 16.1 Å². The summed E-state index contributed by atoms with van der Waals surface area (Å²) in [6, 6.07) is 6.68. The van der Waals surface area contributed by atoms with Gasteiger partial charge in [0.25, 0.3) is 10.0 Å². The second kappa shape index (κ2) is 6.78. The van der Waals surface area contributed by atoms with Crippen LogP contribution in [-0.2, 0) is 14.8 Å². The van der Waals surface area contributed by atoms with Crippen molar-refractivity contribution in [2.24, 2.45) is 10.8 Å². The quantitative estimate of drug-likeness (QED) is 0.820. The van der Waals surface area contributed by atoms with Crippen LogP contribution in [0.1, 0.15) is 31.2 Å². The molecule has 1 aliphatic carbocycles. The van der Waals surface area contributed by atoms with Crippen LogP contribution in [0.25, 0.3) is 0 Å². The molecule has 1 atom stereocenters. The van der Waals surface area contributed by atoms with Crippen molar-refractivity contribution >= 4 is 21.8 Å². The number of amides is 1. The minimum Gasteiger partial charge on any atom is -0.446 e. The number of nitrogens with two attached hydrogens (primary N) is 1. The topological polar surface area (TPSA) is 111 Å². The van der Waals surface area contributed by atoms with Crippen molar-refractivity contribution < 1.29 is 17.9 Å². The molecule has 0 aromatic heterocycles. The summed E-state index contributed by atoms with van der Waals surface area (Å²) in [5.74, 6) is 0. The van der Waals surface area contributed by atoms with Crippen molar-refractivity contribution in [3.63, 3.8) is 0 Å². The number of benzene rings is 1. The van der Waals surface area contributed by atoms with E-state index in [0.29, 0.717) is 30.5 Å². The second-order valence-electron chi connectivity index (χ2n) is 5.19. The fourth-order valence-corrected chi connectivity index (χ4v) is 3.50. The van der Waals surface area contributed by atoms with Crippen LogP contribution in [0.4, 0.5) is 4.79 Å². The minimum absolute atomic E-state index is 0.195. The number of nitrogens with one attached hydrogen (secondary N) is 1. The van der Waals surface area contributed by atoms with Crippen molar-refractivity contribution in [1.82, 2.24) is 4.83 Å². The summed E-state index contributed by atoms with van der Waals surface area (Å²) in [4.78, 5) is 13.2. The van der Waals surface area contributed by atoms with Gasteiger partial charge in [-0.1, -0.05) is 18.2 Å². The van der Waals surface area contributed by atoms with Crippen molar-refractivity contribution in [3.8, 4) is 0 Å². The Morgan fingerprint density at radius 3 is 2.82 bits per heavy atom. The normalized spacial score (nSPS) is 20.6. The third-order valence-electron chi connectivity index (χ3n) is 3.44. The molecule has 0 aliphatic heterocycles. The lowest BCUT2D eigenvalue weighted by atomic mass is 9.96. The Hall–Kier alpha value is -2.09. The zero-order valence-corrected chi connectivity index (χ0v) is 13.1. The second-order valence-corrected chi connectivity index (χ2v) is 6.82. The molecule has 120 valence electrons. The fourth-order valence-electron chi connectivity index (χ4n) is 2.40. The highest BCUT2D eigenvalue weighted by Gasteiger charge is 2.22. The Bertz CT molecular complexity index is 685. The molecule has 8 heteroatoms. The van der Waals surface area contributed by atoms with Crippen molar-refractivity contribution in [2.75, 3.05) is 0 Å². The molecule has 1 unspecified atom stereocenters. The lowest BCUT2D eigenvalue weighted by molar-refractivity contribution is 0.100. The lowest BCUT2D eigenvalue weighted by Crippen LogP contribution is -2.30. The first-order valence-electron chi connectivity index (χ1n) is 6.97. The molecule has 0 heterocycles. The monoisotopic (exact) mass is 325 g/mol. The summed E-state index contributed by atoms with van der Waals surface area (Å²) in [5, 5.41) is 3.98. The van der Waals surface area contributed by atoms with E-state index in [1.165, 1.54) is 6.07 Å². The van der Waals surface area contributed by atoms with E-state index in [2.05, 4.69) is 9.93 Å². The smallest absolute Gasteiger partial charge is 0.404 e. The molecule has 1 aliphatic rings. The average molecular weight is 325 g/mol. The fraction of sp³-hybridized carbons (Fsp3) is 0.429. The predicted molar refractivity (Wildman–Crippen MR) is 81.9 cm³/mol. The van der Waals surface area contributed by atoms with Crippen LogP contribution in [0.2, 0.25) is 0 Å². The van der Waals surface area contributed by atoms with E-state index in [1.807, 2.05) is 0 Å². The first-order chi connectivity index (χ1) is 10.4. The molecule has 0 saturated heterocycles. The van der Waals surface area contributed by atoms with Crippen LogP contribution < -0.4 is 10.6 Å². The van der Waals surface area contributed by atoms with Gasteiger partial charge in [0.15, 0.2) is 0 Å². The molecule has 3 N–H and O–H groups in total. The Kier molecular flexibility index (Phi) is 5.02. The third kappa shape index (κ3) is 4.20. The molecule has 1 aromatic rings. The van der Waals surface area contributed by atoms with Crippen molar-refractivity contribution in [3.05, 3.63) is 29.8 Å². The summed E-state index contributed by atoms with van der Waals surface area (Å²) >= 11 is 0. The maximum atomic E-state index is 12.2. The number of carbonyl (C=O) groups is 1. The number of hydrogen-bond acceptors (Lipinski definition) is 5. The number of primary amides is 1. The maximum absolute atomic E-state index is 12.2. The maximum Gasteiger partial charge on any atom is 0.404 e. The molecule has 1 saturated carbocycles. The standard InChI is InChI=1S/C14H19N3O4S/c1-10-5-2-3-8-13(10)22(19,20)17-16-11-6-4-7-12(9-11)21-14(15)18/h2-3,5,8,12,17H,4,6-7,9H2,1H3,(H2,15,18). The number of carbonyl (C=O) groups excluding carboxylic acids is 1. The third-order valence-corrected chi connectivity index (χ3v) is 4.81. The number of hydrazone groups is 1. The molecule has 1 aromatic carbocycles. The summed E-state index contributed by atoms with van der Waals surface area (Å²) in [6.45, 7) is 1.72. The molecule has 22 heavy (non-hydrogen) atoms. The highest BCUT2D eigenvalue weighted by Crippen LogP contribution is 2.19. The van der Waals surface area contributed by atoms with E-state index in [4.69, 9.17) is 10.5 Å². The van der Waals surface area contributed by atoms with Gasteiger partial charge in [0.1, 0.15) is 6.10 Å². The number of nitrogens with zero attached hydrogens (tertiary/aromatic N) is 1. The molecule has 1 fully saturated rings. The van der Waals surface area contributed by atoms with E-state index in [9.17, 15) is 13.2 Å². The van der Waals surface area contributed by atoms with Gasteiger partial charge < -0.3 is 10.5 Å². The zero-order chi connectivity index (χ0) is 16.2. The Morgan fingerprint density at radius 2 is 2.14 bits per heavy atom. The van der Waals surface area contributed by atoms with E-state index >= 15 is 0 Å². The van der Waals surface area contributed by atoms with Gasteiger partial charge in [0, 0.05) is 12.1 Å². The average Bonchev–Trinajstić information content (AvgIpc) is 2.45. The van der Waals surface area contributed by atoms with Crippen LogP contribution in [0.15, 0.2) is 34.3 Å². The number of hydrogen-bond donors (Lipinski definition) is 2. The van der Waals surface area contributed by atoms with E-state index in [-0.39, 0.29) is 11.0 Å². The molecule has 7 nitrogen and oxygen atoms in total. The molecular formula is C14H19N3O4S. The number of rotatable bonds is 4. The summed E-state index contributed by atoms with van der Waals surface area (Å²) in [6.07, 6.45) is 1.35. The van der Waals surface area contributed by atoms with Gasteiger partial charge in [-0.05, 0) is 37.8 Å². The largest absolute Gasteiger partial charge is 0.446 e. The molecule has 0 radical (unpaired) electrons. The lowest BCUT2D eigenvalue weighted by Gasteiger charge is -2.22. The molecule has 2 rings (SSSR count). The Labute approximate surface area is 129 Å². The van der Waals surface area contributed by atoms with Gasteiger partial charge in [-0.3, -0.25) is 0 Å². The van der Waals surface area contributed by atoms with Crippen LogP contribution in [0, 0.1) is 6.92 Å². The summed E-state index contributed by atoms with van der Waals surface area (Å²) in [5.41, 5.74) is 6.29. The minimum atomic E-state index is -3.70. The van der Waals surface area contributed by atoms with Crippen LogP contribution in [0.5, 0.6) is 0 Å². The van der Waals surface area contributed by atoms with Crippen LogP contribution in [0.3, 0.4) is 0 Å². The van der Waals surface area contributed by atoms with Gasteiger partial charge in [-0.15, -0.1) is 0 Å². The summed E-state index contributed by atoms with van der Waals surface area (Å²) in [7, 11) is -3.70. The van der Waals surface area contributed by atoms with Crippen molar-refractivity contribution in [2.45, 2.75) is 43.6 Å². The van der Waals surface area contributed by atoms with Gasteiger partial charge in [0.05, 0.1) is 4.90 Å². The van der Waals surface area contributed by atoms with Crippen molar-refractivity contribution in [1.29, 1.82) is 0 Å². The molecule has 0 bridgehead atoms. The highest BCUT2D eigenvalue weighted by atomic mass is 32.2.